The molecule has 0 radical (unpaired) electrons. The minimum Gasteiger partial charge on any atom is -0.383 e. The predicted molar refractivity (Wildman–Crippen MR) is 146 cm³/mol. The molecule has 8 nitrogen and oxygen atoms in total. The number of nitrogens with two attached hydrogens (primary N) is 1. The summed E-state index contributed by atoms with van der Waals surface area (Å²) in [5.41, 5.74) is 8.48. The number of rotatable bonds is 9. The van der Waals surface area contributed by atoms with Crippen LogP contribution >= 0.6 is 0 Å². The lowest BCUT2D eigenvalue weighted by Crippen LogP contribution is -2.40. The number of carbonyl (C=O) groups is 1. The minimum atomic E-state index is -0.736. The van der Waals surface area contributed by atoms with Crippen LogP contribution in [-0.2, 0) is 22.6 Å². The Morgan fingerprint density at radius 1 is 0.973 bits per heavy atom. The summed E-state index contributed by atoms with van der Waals surface area (Å²) in [6.07, 6.45) is 3.09. The zero-order valence-electron chi connectivity index (χ0n) is 20.5. The van der Waals surface area contributed by atoms with E-state index in [-0.39, 0.29) is 31.2 Å². The largest absolute Gasteiger partial charge is 0.383 e. The van der Waals surface area contributed by atoms with Gasteiger partial charge in [-0.2, -0.15) is 0 Å². The second kappa shape index (κ2) is 11.8. The summed E-state index contributed by atoms with van der Waals surface area (Å²) in [7, 11) is 1.50. The number of aromatic amines is 1. The van der Waals surface area contributed by atoms with E-state index in [4.69, 9.17) is 10.5 Å². The van der Waals surface area contributed by atoms with Crippen molar-refractivity contribution in [1.29, 1.82) is 0 Å². The van der Waals surface area contributed by atoms with Crippen LogP contribution in [0, 0.1) is 0 Å². The third-order valence-electron chi connectivity index (χ3n) is 5.86. The Balaban J connectivity index is 1.71. The molecule has 8 heteroatoms. The first kappa shape index (κ1) is 25.4. The van der Waals surface area contributed by atoms with Gasteiger partial charge < -0.3 is 10.5 Å². The molecular weight excluding hydrogens is 468 g/mol. The maximum atomic E-state index is 13.5. The summed E-state index contributed by atoms with van der Waals surface area (Å²) in [6.45, 7) is 0.421. The number of benzene rings is 3. The average molecular weight is 497 g/mol. The maximum absolute atomic E-state index is 13.5. The first-order chi connectivity index (χ1) is 18.0. The monoisotopic (exact) mass is 496 g/mol. The van der Waals surface area contributed by atoms with E-state index in [0.717, 1.165) is 22.3 Å². The highest BCUT2D eigenvalue weighted by molar-refractivity contribution is 6.05. The first-order valence-electron chi connectivity index (χ1n) is 11.8. The smallest absolute Gasteiger partial charge is 0.330 e. The predicted octanol–water partition coefficient (Wildman–Crippen LogP) is 3.68. The van der Waals surface area contributed by atoms with Crippen LogP contribution in [0.3, 0.4) is 0 Å². The fourth-order valence-corrected chi connectivity index (χ4v) is 3.99. The van der Waals surface area contributed by atoms with E-state index in [1.807, 2.05) is 84.9 Å². The van der Waals surface area contributed by atoms with E-state index in [1.54, 1.807) is 6.08 Å². The van der Waals surface area contributed by atoms with Crippen LogP contribution in [0.4, 0.5) is 11.5 Å². The molecule has 1 aromatic heterocycles. The van der Waals surface area contributed by atoms with Crippen molar-refractivity contribution in [3.63, 3.8) is 0 Å². The number of amides is 1. The summed E-state index contributed by atoms with van der Waals surface area (Å²) in [6, 6.07) is 27.0. The van der Waals surface area contributed by atoms with E-state index in [9.17, 15) is 14.4 Å². The molecule has 0 fully saturated rings. The molecule has 1 amide bonds. The lowest BCUT2D eigenvalue weighted by atomic mass is 10.0. The summed E-state index contributed by atoms with van der Waals surface area (Å²) in [4.78, 5) is 42.4. The molecule has 0 bridgehead atoms. The van der Waals surface area contributed by atoms with Crippen molar-refractivity contribution in [2.45, 2.75) is 13.1 Å². The van der Waals surface area contributed by atoms with Crippen molar-refractivity contribution in [1.82, 2.24) is 9.55 Å². The van der Waals surface area contributed by atoms with Crippen LogP contribution in [0.1, 0.15) is 11.1 Å². The fourth-order valence-electron chi connectivity index (χ4n) is 3.99. The number of methoxy groups -OCH3 is 1. The maximum Gasteiger partial charge on any atom is 0.330 e. The molecule has 0 saturated heterocycles. The van der Waals surface area contributed by atoms with E-state index < -0.39 is 17.2 Å². The molecule has 1 heterocycles. The lowest BCUT2D eigenvalue weighted by molar-refractivity contribution is -0.114. The van der Waals surface area contributed by atoms with Gasteiger partial charge in [0.05, 0.1) is 19.7 Å². The number of nitrogen functional groups attached to an aromatic ring is 1. The van der Waals surface area contributed by atoms with Gasteiger partial charge in [0.15, 0.2) is 5.69 Å². The quantitative estimate of drug-likeness (QED) is 0.344. The molecule has 3 aromatic carbocycles. The van der Waals surface area contributed by atoms with Gasteiger partial charge in [-0.1, -0.05) is 78.9 Å². The van der Waals surface area contributed by atoms with Gasteiger partial charge in [0, 0.05) is 13.2 Å². The molecule has 4 aromatic rings. The van der Waals surface area contributed by atoms with Gasteiger partial charge in [0.1, 0.15) is 5.82 Å². The highest BCUT2D eigenvalue weighted by Crippen LogP contribution is 2.22. The Hall–Kier alpha value is -4.69. The SMILES string of the molecule is COCCn1c(N)c(N(Cc2ccccc2)C(=O)/C=C/c2cccc(-c3ccccc3)c2)c(=O)[nH]c1=O. The Bertz CT molecular complexity index is 1510. The molecule has 3 N–H and O–H groups in total. The Kier molecular flexibility index (Phi) is 8.12. The molecule has 188 valence electrons. The number of nitrogens with one attached hydrogen (secondary N) is 1. The van der Waals surface area contributed by atoms with Crippen LogP contribution in [0.5, 0.6) is 0 Å². The average Bonchev–Trinajstić information content (AvgIpc) is 2.92. The Labute approximate surface area is 214 Å². The van der Waals surface area contributed by atoms with Crippen molar-refractivity contribution in [2.75, 3.05) is 24.4 Å². The molecular formula is C29H28N4O4. The number of hydrogen-bond acceptors (Lipinski definition) is 5. The molecule has 37 heavy (non-hydrogen) atoms. The van der Waals surface area contributed by atoms with Crippen molar-refractivity contribution >= 4 is 23.5 Å². The highest BCUT2D eigenvalue weighted by Gasteiger charge is 2.23. The van der Waals surface area contributed by atoms with Crippen LogP contribution in [0.2, 0.25) is 0 Å². The van der Waals surface area contributed by atoms with E-state index in [1.165, 1.54) is 22.7 Å². The van der Waals surface area contributed by atoms with Crippen LogP contribution in [0.15, 0.2) is 101 Å². The number of aromatic nitrogens is 2. The van der Waals surface area contributed by atoms with Crippen molar-refractivity contribution in [3.8, 4) is 11.1 Å². The van der Waals surface area contributed by atoms with Gasteiger partial charge in [-0.15, -0.1) is 0 Å². The number of H-pyrrole nitrogens is 1. The van der Waals surface area contributed by atoms with Gasteiger partial charge in [0.2, 0.25) is 0 Å². The van der Waals surface area contributed by atoms with Gasteiger partial charge in [0.25, 0.3) is 11.5 Å². The Morgan fingerprint density at radius 3 is 2.35 bits per heavy atom. The number of nitrogens with zero attached hydrogens (tertiary/aromatic N) is 2. The van der Waals surface area contributed by atoms with Gasteiger partial charge in [-0.05, 0) is 34.4 Å². The van der Waals surface area contributed by atoms with Gasteiger partial charge >= 0.3 is 5.69 Å². The van der Waals surface area contributed by atoms with Crippen LogP contribution in [-0.4, -0.2) is 29.2 Å². The molecule has 4 rings (SSSR count). The Morgan fingerprint density at radius 2 is 1.65 bits per heavy atom. The second-order valence-electron chi connectivity index (χ2n) is 8.37. The zero-order valence-corrected chi connectivity index (χ0v) is 20.5. The highest BCUT2D eigenvalue weighted by atomic mass is 16.5. The third kappa shape index (κ3) is 6.12. The minimum absolute atomic E-state index is 0.0871. The normalized spacial score (nSPS) is 11.1. The second-order valence-corrected chi connectivity index (χ2v) is 8.37. The van der Waals surface area contributed by atoms with Crippen molar-refractivity contribution in [3.05, 3.63) is 123 Å². The molecule has 0 aliphatic heterocycles. The lowest BCUT2D eigenvalue weighted by Gasteiger charge is -2.23. The van der Waals surface area contributed by atoms with E-state index in [2.05, 4.69) is 4.98 Å². The zero-order chi connectivity index (χ0) is 26.2. The van der Waals surface area contributed by atoms with Crippen molar-refractivity contribution in [2.24, 2.45) is 0 Å². The summed E-state index contributed by atoms with van der Waals surface area (Å²) < 4.78 is 6.25. The summed E-state index contributed by atoms with van der Waals surface area (Å²) in [5, 5.41) is 0. The third-order valence-corrected chi connectivity index (χ3v) is 5.86. The molecule has 0 aliphatic carbocycles. The number of anilines is 2. The molecule has 0 unspecified atom stereocenters. The van der Waals surface area contributed by atoms with Gasteiger partial charge in [-0.25, -0.2) is 4.79 Å². The molecule has 0 atom stereocenters. The number of hydrogen-bond donors (Lipinski definition) is 2. The molecule has 0 saturated carbocycles. The van der Waals surface area contributed by atoms with Crippen LogP contribution < -0.4 is 21.9 Å². The van der Waals surface area contributed by atoms with E-state index in [0.29, 0.717) is 0 Å². The standard InChI is InChI=1S/C29H28N4O4/c1-37-18-17-32-27(30)26(28(35)31-29(32)36)33(20-22-9-4-2-5-10-22)25(34)16-15-21-11-8-14-24(19-21)23-12-6-3-7-13-23/h2-16,19H,17-18,20,30H2,1H3,(H,31,35,36)/b16-15+. The molecule has 0 aliphatic rings. The summed E-state index contributed by atoms with van der Waals surface area (Å²) in [5.74, 6) is -0.558. The van der Waals surface area contributed by atoms with E-state index >= 15 is 0 Å². The van der Waals surface area contributed by atoms with Crippen LogP contribution in [0.25, 0.3) is 17.2 Å². The summed E-state index contributed by atoms with van der Waals surface area (Å²) >= 11 is 0. The van der Waals surface area contributed by atoms with Crippen molar-refractivity contribution < 1.29 is 9.53 Å². The van der Waals surface area contributed by atoms with Gasteiger partial charge in [-0.3, -0.25) is 24.0 Å². The molecule has 0 spiro atoms. The topological polar surface area (TPSA) is 110 Å². The number of ether oxygens (including phenoxy) is 1. The fraction of sp³-hybridized carbons (Fsp3) is 0.138. The number of carbonyl (C=O) groups excluding carboxylic acids is 1. The first-order valence-corrected chi connectivity index (χ1v) is 11.8.